The quantitative estimate of drug-likeness (QED) is 0.625. The summed E-state index contributed by atoms with van der Waals surface area (Å²) in [6, 6.07) is 5.24. The van der Waals surface area contributed by atoms with E-state index in [1.165, 1.54) is 18.2 Å². The summed E-state index contributed by atoms with van der Waals surface area (Å²) in [6.07, 6.45) is 1.16. The fourth-order valence-electron chi connectivity index (χ4n) is 2.13. The van der Waals surface area contributed by atoms with E-state index in [-0.39, 0.29) is 17.8 Å². The SMILES string of the molecule is CCN(Cc1c(F)cccc1F)c1cc(C)c([N+](=O)[O-])cn1. The van der Waals surface area contributed by atoms with Gasteiger partial charge in [0.2, 0.25) is 0 Å². The Kier molecular flexibility index (Phi) is 4.65. The minimum Gasteiger partial charge on any atom is -0.352 e. The lowest BCUT2D eigenvalue weighted by Crippen LogP contribution is -2.24. The lowest BCUT2D eigenvalue weighted by Gasteiger charge is -2.22. The minimum absolute atomic E-state index is 0.000736. The highest BCUT2D eigenvalue weighted by Gasteiger charge is 2.17. The summed E-state index contributed by atoms with van der Waals surface area (Å²) in [7, 11) is 0. The van der Waals surface area contributed by atoms with Gasteiger partial charge in [0.25, 0.3) is 5.69 Å². The average molecular weight is 307 g/mol. The van der Waals surface area contributed by atoms with Crippen molar-refractivity contribution >= 4 is 11.5 Å². The van der Waals surface area contributed by atoms with E-state index < -0.39 is 16.6 Å². The summed E-state index contributed by atoms with van der Waals surface area (Å²) >= 11 is 0. The molecule has 0 unspecified atom stereocenters. The molecule has 5 nitrogen and oxygen atoms in total. The summed E-state index contributed by atoms with van der Waals surface area (Å²) in [4.78, 5) is 16.0. The van der Waals surface area contributed by atoms with E-state index in [1.54, 1.807) is 17.9 Å². The average Bonchev–Trinajstić information content (AvgIpc) is 2.46. The molecule has 7 heteroatoms. The van der Waals surface area contributed by atoms with Gasteiger partial charge in [-0.3, -0.25) is 10.1 Å². The molecule has 0 amide bonds. The Labute approximate surface area is 126 Å². The van der Waals surface area contributed by atoms with E-state index in [0.29, 0.717) is 17.9 Å². The number of hydrogen-bond acceptors (Lipinski definition) is 4. The van der Waals surface area contributed by atoms with Crippen molar-refractivity contribution in [1.82, 2.24) is 4.98 Å². The van der Waals surface area contributed by atoms with E-state index in [0.717, 1.165) is 6.20 Å². The van der Waals surface area contributed by atoms with Crippen LogP contribution in [0.3, 0.4) is 0 Å². The van der Waals surface area contributed by atoms with Crippen LogP contribution >= 0.6 is 0 Å². The van der Waals surface area contributed by atoms with Gasteiger partial charge in [-0.15, -0.1) is 0 Å². The molecule has 22 heavy (non-hydrogen) atoms. The summed E-state index contributed by atoms with van der Waals surface area (Å²) in [6.45, 7) is 3.87. The van der Waals surface area contributed by atoms with E-state index in [9.17, 15) is 18.9 Å². The number of nitrogens with zero attached hydrogens (tertiary/aromatic N) is 3. The standard InChI is InChI=1S/C15H15F2N3O2/c1-3-19(9-11-12(16)5-4-6-13(11)17)15-7-10(2)14(8-18-15)20(21)22/h4-8H,3,9H2,1-2H3. The second-order valence-electron chi connectivity index (χ2n) is 4.80. The molecule has 2 aromatic rings. The fourth-order valence-corrected chi connectivity index (χ4v) is 2.13. The monoisotopic (exact) mass is 307 g/mol. The Bertz CT molecular complexity index is 687. The molecule has 0 atom stereocenters. The number of hydrogen-bond donors (Lipinski definition) is 0. The van der Waals surface area contributed by atoms with Crippen molar-refractivity contribution < 1.29 is 13.7 Å². The number of nitro groups is 1. The number of rotatable bonds is 5. The molecule has 2 rings (SSSR count). The molecule has 1 aromatic carbocycles. The first kappa shape index (κ1) is 15.8. The zero-order valence-corrected chi connectivity index (χ0v) is 12.2. The van der Waals surface area contributed by atoms with Gasteiger partial charge in [0.05, 0.1) is 11.5 Å². The van der Waals surface area contributed by atoms with Crippen molar-refractivity contribution in [2.24, 2.45) is 0 Å². The maximum atomic E-state index is 13.7. The number of halogens is 2. The van der Waals surface area contributed by atoms with E-state index in [4.69, 9.17) is 0 Å². The van der Waals surface area contributed by atoms with Crippen LogP contribution in [-0.4, -0.2) is 16.5 Å². The van der Waals surface area contributed by atoms with Gasteiger partial charge in [-0.2, -0.15) is 0 Å². The molecular formula is C15H15F2N3O2. The van der Waals surface area contributed by atoms with Crippen molar-refractivity contribution in [1.29, 1.82) is 0 Å². The third-order valence-electron chi connectivity index (χ3n) is 3.38. The summed E-state index contributed by atoms with van der Waals surface area (Å²) in [5.41, 5.74) is 0.307. The third-order valence-corrected chi connectivity index (χ3v) is 3.38. The Morgan fingerprint density at radius 2 is 1.95 bits per heavy atom. The van der Waals surface area contributed by atoms with Gasteiger partial charge in [-0.05, 0) is 32.0 Å². The van der Waals surface area contributed by atoms with Gasteiger partial charge < -0.3 is 4.90 Å². The molecule has 0 saturated heterocycles. The highest BCUT2D eigenvalue weighted by molar-refractivity contribution is 5.49. The van der Waals surface area contributed by atoms with Crippen molar-refractivity contribution in [2.45, 2.75) is 20.4 Å². The van der Waals surface area contributed by atoms with Crippen molar-refractivity contribution in [2.75, 3.05) is 11.4 Å². The fraction of sp³-hybridized carbons (Fsp3) is 0.267. The number of anilines is 1. The van der Waals surface area contributed by atoms with Crippen LogP contribution < -0.4 is 4.90 Å². The van der Waals surface area contributed by atoms with Crippen LogP contribution in [0, 0.1) is 28.7 Å². The zero-order chi connectivity index (χ0) is 16.3. The molecule has 1 aromatic heterocycles. The predicted molar refractivity (Wildman–Crippen MR) is 78.7 cm³/mol. The maximum Gasteiger partial charge on any atom is 0.290 e. The third kappa shape index (κ3) is 3.19. The largest absolute Gasteiger partial charge is 0.352 e. The number of aromatic nitrogens is 1. The highest BCUT2D eigenvalue weighted by Crippen LogP contribution is 2.23. The first-order chi connectivity index (χ1) is 10.4. The molecule has 1 heterocycles. The lowest BCUT2D eigenvalue weighted by molar-refractivity contribution is -0.385. The summed E-state index contributed by atoms with van der Waals surface area (Å²) in [5, 5.41) is 10.8. The van der Waals surface area contributed by atoms with Gasteiger partial charge in [0.15, 0.2) is 0 Å². The predicted octanol–water partition coefficient (Wildman–Crippen LogP) is 3.60. The maximum absolute atomic E-state index is 13.7. The molecule has 0 radical (unpaired) electrons. The molecule has 0 saturated carbocycles. The molecule has 116 valence electrons. The Hall–Kier alpha value is -2.57. The van der Waals surface area contributed by atoms with Crippen LogP contribution in [0.5, 0.6) is 0 Å². The van der Waals surface area contributed by atoms with Crippen molar-refractivity contribution in [3.8, 4) is 0 Å². The summed E-state index contributed by atoms with van der Waals surface area (Å²) in [5.74, 6) is -0.817. The number of benzene rings is 1. The first-order valence-electron chi connectivity index (χ1n) is 6.73. The zero-order valence-electron chi connectivity index (χ0n) is 12.2. The van der Waals surface area contributed by atoms with E-state index in [1.807, 2.05) is 6.92 Å². The number of pyridine rings is 1. The van der Waals surface area contributed by atoms with E-state index >= 15 is 0 Å². The Morgan fingerprint density at radius 1 is 1.32 bits per heavy atom. The van der Waals surface area contributed by atoms with Crippen LogP contribution in [0.4, 0.5) is 20.3 Å². The molecule has 0 aliphatic rings. The van der Waals surface area contributed by atoms with Crippen LogP contribution in [-0.2, 0) is 6.54 Å². The van der Waals surface area contributed by atoms with Crippen LogP contribution in [0.1, 0.15) is 18.1 Å². The second-order valence-corrected chi connectivity index (χ2v) is 4.80. The van der Waals surface area contributed by atoms with Crippen LogP contribution in [0.15, 0.2) is 30.5 Å². The van der Waals surface area contributed by atoms with Crippen LogP contribution in [0.2, 0.25) is 0 Å². The van der Waals surface area contributed by atoms with Crippen molar-refractivity contribution in [3.63, 3.8) is 0 Å². The molecule has 0 aliphatic heterocycles. The molecule has 0 bridgehead atoms. The first-order valence-corrected chi connectivity index (χ1v) is 6.73. The minimum atomic E-state index is -0.628. The molecular weight excluding hydrogens is 292 g/mol. The number of aryl methyl sites for hydroxylation is 1. The van der Waals surface area contributed by atoms with Crippen LogP contribution in [0.25, 0.3) is 0 Å². The molecule has 0 spiro atoms. The van der Waals surface area contributed by atoms with Crippen molar-refractivity contribution in [3.05, 3.63) is 63.3 Å². The Balaban J connectivity index is 2.33. The second kappa shape index (κ2) is 6.46. The van der Waals surface area contributed by atoms with E-state index in [2.05, 4.69) is 4.98 Å². The topological polar surface area (TPSA) is 59.3 Å². The highest BCUT2D eigenvalue weighted by atomic mass is 19.1. The van der Waals surface area contributed by atoms with Gasteiger partial charge in [-0.1, -0.05) is 6.07 Å². The molecule has 0 N–H and O–H groups in total. The van der Waals surface area contributed by atoms with Gasteiger partial charge in [-0.25, -0.2) is 13.8 Å². The normalized spacial score (nSPS) is 10.5. The van der Waals surface area contributed by atoms with Gasteiger partial charge in [0, 0.05) is 17.7 Å². The smallest absolute Gasteiger partial charge is 0.290 e. The molecule has 0 aliphatic carbocycles. The Morgan fingerprint density at radius 3 is 2.45 bits per heavy atom. The molecule has 0 fully saturated rings. The van der Waals surface area contributed by atoms with Gasteiger partial charge >= 0.3 is 0 Å². The van der Waals surface area contributed by atoms with Gasteiger partial charge in [0.1, 0.15) is 23.6 Å². The lowest BCUT2D eigenvalue weighted by atomic mass is 10.1. The summed E-state index contributed by atoms with van der Waals surface area (Å²) < 4.78 is 27.5.